The summed E-state index contributed by atoms with van der Waals surface area (Å²) in [6.45, 7) is 13.5. The van der Waals surface area contributed by atoms with Gasteiger partial charge in [-0.25, -0.2) is 9.59 Å². The van der Waals surface area contributed by atoms with Crippen LogP contribution >= 0.6 is 0 Å². The molecule has 1 aliphatic rings. The van der Waals surface area contributed by atoms with Crippen molar-refractivity contribution in [3.05, 3.63) is 35.9 Å². The molecule has 0 spiro atoms. The molecule has 2 amide bonds. The molecule has 1 fully saturated rings. The van der Waals surface area contributed by atoms with E-state index in [1.807, 2.05) is 51.1 Å². The van der Waals surface area contributed by atoms with Gasteiger partial charge in [0.05, 0.1) is 0 Å². The SMILES string of the molecule is C#CC.CC[C@@]1(C(=O)NC(CC(C)C)C(=O)OCc2ccccc2)CCCN1C(=O)OC(C)(C)C. The molecule has 0 bridgehead atoms. The first-order chi connectivity index (χ1) is 16.4. The van der Waals surface area contributed by atoms with Crippen molar-refractivity contribution < 1.29 is 23.9 Å². The molecule has 1 aliphatic heterocycles. The number of nitrogens with one attached hydrogen (secondary N) is 1. The third kappa shape index (κ3) is 9.28. The van der Waals surface area contributed by atoms with Crippen molar-refractivity contribution in [1.82, 2.24) is 10.2 Å². The van der Waals surface area contributed by atoms with Crippen molar-refractivity contribution in [2.45, 2.75) is 97.9 Å². The normalized spacial score (nSPS) is 18.1. The summed E-state index contributed by atoms with van der Waals surface area (Å²) in [7, 11) is 0. The summed E-state index contributed by atoms with van der Waals surface area (Å²) in [5.74, 6) is 1.63. The highest BCUT2D eigenvalue weighted by atomic mass is 16.6. The van der Waals surface area contributed by atoms with Crippen molar-refractivity contribution in [2.75, 3.05) is 6.54 Å². The summed E-state index contributed by atoms with van der Waals surface area (Å²) in [4.78, 5) is 40.7. The van der Waals surface area contributed by atoms with Crippen LogP contribution in [-0.2, 0) is 25.7 Å². The second-order valence-electron chi connectivity index (χ2n) is 10.2. The number of carbonyl (C=O) groups excluding carboxylic acids is 3. The second-order valence-corrected chi connectivity index (χ2v) is 10.2. The third-order valence-electron chi connectivity index (χ3n) is 5.63. The van der Waals surface area contributed by atoms with Gasteiger partial charge < -0.3 is 14.8 Å². The Bertz CT molecular complexity index is 870. The van der Waals surface area contributed by atoms with Crippen LogP contribution in [0.2, 0.25) is 0 Å². The van der Waals surface area contributed by atoms with Crippen LogP contribution in [0.25, 0.3) is 0 Å². The Morgan fingerprint density at radius 2 is 1.80 bits per heavy atom. The van der Waals surface area contributed by atoms with Crippen LogP contribution in [0.3, 0.4) is 0 Å². The molecule has 2 rings (SSSR count). The maximum Gasteiger partial charge on any atom is 0.411 e. The smallest absolute Gasteiger partial charge is 0.411 e. The molecule has 7 heteroatoms. The molecular weight excluding hydrogens is 444 g/mol. The van der Waals surface area contributed by atoms with E-state index in [1.54, 1.807) is 27.7 Å². The molecule has 194 valence electrons. The van der Waals surface area contributed by atoms with E-state index in [9.17, 15) is 14.4 Å². The third-order valence-corrected chi connectivity index (χ3v) is 5.63. The highest BCUT2D eigenvalue weighted by Gasteiger charge is 2.50. The average Bonchev–Trinajstić information content (AvgIpc) is 3.22. The molecule has 0 saturated carbocycles. The Morgan fingerprint density at radius 3 is 2.31 bits per heavy atom. The van der Waals surface area contributed by atoms with Gasteiger partial charge >= 0.3 is 12.1 Å². The molecule has 0 aromatic heterocycles. The van der Waals surface area contributed by atoms with Crippen LogP contribution in [-0.4, -0.2) is 46.6 Å². The molecule has 1 N–H and O–H groups in total. The van der Waals surface area contributed by atoms with Gasteiger partial charge in [-0.3, -0.25) is 9.69 Å². The number of hydrogen-bond acceptors (Lipinski definition) is 5. The van der Waals surface area contributed by atoms with Crippen LogP contribution in [0.4, 0.5) is 4.79 Å². The first-order valence-corrected chi connectivity index (χ1v) is 12.3. The van der Waals surface area contributed by atoms with Gasteiger partial charge in [0.1, 0.15) is 23.8 Å². The summed E-state index contributed by atoms with van der Waals surface area (Å²) < 4.78 is 11.1. The van der Waals surface area contributed by atoms with Gasteiger partial charge in [-0.15, -0.1) is 12.3 Å². The van der Waals surface area contributed by atoms with Crippen molar-refractivity contribution in [3.8, 4) is 12.3 Å². The first-order valence-electron chi connectivity index (χ1n) is 12.3. The Hall–Kier alpha value is -3.01. The van der Waals surface area contributed by atoms with Gasteiger partial charge in [0.15, 0.2) is 0 Å². The van der Waals surface area contributed by atoms with Gasteiger partial charge in [0.2, 0.25) is 5.91 Å². The highest BCUT2D eigenvalue weighted by molar-refractivity contribution is 5.93. The Morgan fingerprint density at radius 1 is 1.20 bits per heavy atom. The fraction of sp³-hybridized carbons (Fsp3) is 0.607. The number of terminal acetylenes is 1. The van der Waals surface area contributed by atoms with Crippen molar-refractivity contribution >= 4 is 18.0 Å². The van der Waals surface area contributed by atoms with E-state index in [-0.39, 0.29) is 18.4 Å². The average molecular weight is 487 g/mol. The Labute approximate surface area is 210 Å². The van der Waals surface area contributed by atoms with E-state index in [2.05, 4.69) is 17.7 Å². The van der Waals surface area contributed by atoms with Crippen molar-refractivity contribution in [1.29, 1.82) is 0 Å². The monoisotopic (exact) mass is 486 g/mol. The molecule has 7 nitrogen and oxygen atoms in total. The number of rotatable bonds is 8. The summed E-state index contributed by atoms with van der Waals surface area (Å²) in [6.07, 6.45) is 6.21. The highest BCUT2D eigenvalue weighted by Crippen LogP contribution is 2.34. The first kappa shape index (κ1) is 30.0. The van der Waals surface area contributed by atoms with Crippen LogP contribution < -0.4 is 5.32 Å². The topological polar surface area (TPSA) is 84.9 Å². The van der Waals surface area contributed by atoms with Gasteiger partial charge in [-0.2, -0.15) is 0 Å². The zero-order valence-corrected chi connectivity index (χ0v) is 22.3. The molecule has 1 heterocycles. The Balaban J connectivity index is 0.00000194. The molecule has 35 heavy (non-hydrogen) atoms. The van der Waals surface area contributed by atoms with Gasteiger partial charge in [-0.05, 0) is 64.9 Å². The summed E-state index contributed by atoms with van der Waals surface area (Å²) in [5.41, 5.74) is -0.804. The van der Waals surface area contributed by atoms with Gasteiger partial charge in [0.25, 0.3) is 0 Å². The molecule has 1 aromatic rings. The van der Waals surface area contributed by atoms with Crippen molar-refractivity contribution in [2.24, 2.45) is 5.92 Å². The number of benzene rings is 1. The second kappa shape index (κ2) is 13.8. The summed E-state index contributed by atoms with van der Waals surface area (Å²) in [6, 6.07) is 8.64. The van der Waals surface area contributed by atoms with Crippen LogP contribution in [0.15, 0.2) is 30.3 Å². The number of nitrogens with zero attached hydrogens (tertiary/aromatic N) is 1. The minimum Gasteiger partial charge on any atom is -0.459 e. The quantitative estimate of drug-likeness (QED) is 0.409. The standard InChI is InChI=1S/C25H38N2O5.C3H4/c1-7-25(14-11-15-27(25)23(30)32-24(4,5)6)22(29)26-20(16-18(2)3)21(28)31-17-19-12-9-8-10-13-19;1-3-2/h8-10,12-13,18,20H,7,11,14-17H2,1-6H3,(H,26,29);1H,2H3/t20?,25-;/m0./s1. The maximum absolute atomic E-state index is 13.5. The Kier molecular flexibility index (Phi) is 11.8. The lowest BCUT2D eigenvalue weighted by Gasteiger charge is -2.38. The maximum atomic E-state index is 13.5. The fourth-order valence-corrected chi connectivity index (χ4v) is 4.03. The number of ether oxygens (including phenoxy) is 2. The van der Waals surface area contributed by atoms with E-state index >= 15 is 0 Å². The molecular formula is C28H42N2O5. The predicted octanol–water partition coefficient (Wildman–Crippen LogP) is 5.08. The van der Waals surface area contributed by atoms with E-state index in [4.69, 9.17) is 9.47 Å². The lowest BCUT2D eigenvalue weighted by atomic mass is 9.91. The lowest BCUT2D eigenvalue weighted by Crippen LogP contribution is -2.60. The minimum atomic E-state index is -1.03. The molecule has 0 aliphatic carbocycles. The van der Waals surface area contributed by atoms with E-state index < -0.39 is 29.2 Å². The molecule has 1 aromatic carbocycles. The molecule has 1 saturated heterocycles. The number of esters is 1. The van der Waals surface area contributed by atoms with Crippen LogP contribution in [0.1, 0.15) is 79.7 Å². The number of carbonyl (C=O) groups is 3. The summed E-state index contributed by atoms with van der Waals surface area (Å²) >= 11 is 0. The number of hydrogen-bond donors (Lipinski definition) is 1. The van der Waals surface area contributed by atoms with E-state index in [1.165, 1.54) is 4.90 Å². The van der Waals surface area contributed by atoms with Crippen LogP contribution in [0.5, 0.6) is 0 Å². The number of likely N-dealkylation sites (tertiary alicyclic amines) is 1. The van der Waals surface area contributed by atoms with Gasteiger partial charge in [0, 0.05) is 6.54 Å². The van der Waals surface area contributed by atoms with Crippen molar-refractivity contribution in [3.63, 3.8) is 0 Å². The number of amides is 2. The van der Waals surface area contributed by atoms with Crippen LogP contribution in [0, 0.1) is 18.3 Å². The predicted molar refractivity (Wildman–Crippen MR) is 137 cm³/mol. The molecule has 0 radical (unpaired) electrons. The summed E-state index contributed by atoms with van der Waals surface area (Å²) in [5, 5.41) is 2.90. The molecule has 2 atom stereocenters. The zero-order valence-electron chi connectivity index (χ0n) is 22.3. The zero-order chi connectivity index (χ0) is 26.6. The van der Waals surface area contributed by atoms with E-state index in [0.717, 1.165) is 5.56 Å². The molecule has 1 unspecified atom stereocenters. The van der Waals surface area contributed by atoms with Gasteiger partial charge in [-0.1, -0.05) is 51.1 Å². The minimum absolute atomic E-state index is 0.146. The fourth-order valence-electron chi connectivity index (χ4n) is 4.03. The van der Waals surface area contributed by atoms with E-state index in [0.29, 0.717) is 32.2 Å². The lowest BCUT2D eigenvalue weighted by molar-refractivity contribution is -0.151. The largest absolute Gasteiger partial charge is 0.459 e.